The van der Waals surface area contributed by atoms with Crippen LogP contribution in [0.25, 0.3) is 5.65 Å². The molecule has 0 bridgehead atoms. The normalized spacial score (nSPS) is 12.6. The number of nitriles is 1. The smallest absolute Gasteiger partial charge is 0.162 e. The number of pyridine rings is 1. The van der Waals surface area contributed by atoms with Gasteiger partial charge in [0.1, 0.15) is 5.82 Å². The van der Waals surface area contributed by atoms with Crippen molar-refractivity contribution in [3.8, 4) is 6.07 Å². The van der Waals surface area contributed by atoms with Gasteiger partial charge in [0.25, 0.3) is 0 Å². The van der Waals surface area contributed by atoms with Crippen molar-refractivity contribution in [1.29, 1.82) is 5.26 Å². The molecule has 0 aliphatic rings. The van der Waals surface area contributed by atoms with E-state index in [0.29, 0.717) is 11.5 Å². The van der Waals surface area contributed by atoms with E-state index in [2.05, 4.69) is 30.1 Å². The molecule has 1 unspecified atom stereocenters. The quantitative estimate of drug-likeness (QED) is 0.788. The van der Waals surface area contributed by atoms with Gasteiger partial charge in [-0.1, -0.05) is 20.3 Å². The number of fused-ring (bicyclic) bond motifs is 1. The standard InChI is InChI=1S/C12H14N4/c1-3-4-9(2)12-15-14-11-7-10(8-13)5-6-16(11)12/h5-7,9H,3-4H2,1-2H3. The van der Waals surface area contributed by atoms with Crippen molar-refractivity contribution in [2.45, 2.75) is 32.6 Å². The molecule has 0 aromatic carbocycles. The van der Waals surface area contributed by atoms with Crippen molar-refractivity contribution < 1.29 is 0 Å². The summed E-state index contributed by atoms with van der Waals surface area (Å²) in [6.07, 6.45) is 4.10. The van der Waals surface area contributed by atoms with Crippen LogP contribution < -0.4 is 0 Å². The largest absolute Gasteiger partial charge is 0.286 e. The second-order valence-electron chi connectivity index (χ2n) is 4.00. The van der Waals surface area contributed by atoms with Gasteiger partial charge < -0.3 is 0 Å². The van der Waals surface area contributed by atoms with E-state index < -0.39 is 0 Å². The highest BCUT2D eigenvalue weighted by atomic mass is 15.2. The number of hydrogen-bond donors (Lipinski definition) is 0. The fourth-order valence-electron chi connectivity index (χ4n) is 1.88. The second-order valence-corrected chi connectivity index (χ2v) is 4.00. The highest BCUT2D eigenvalue weighted by molar-refractivity contribution is 5.45. The Labute approximate surface area is 94.5 Å². The Hall–Kier alpha value is -1.89. The van der Waals surface area contributed by atoms with Crippen LogP contribution in [0.5, 0.6) is 0 Å². The van der Waals surface area contributed by atoms with Gasteiger partial charge in [-0.25, -0.2) is 0 Å². The molecule has 0 aliphatic carbocycles. The molecule has 2 heterocycles. The maximum absolute atomic E-state index is 8.79. The van der Waals surface area contributed by atoms with Crippen molar-refractivity contribution in [2.75, 3.05) is 0 Å². The lowest BCUT2D eigenvalue weighted by molar-refractivity contribution is 0.620. The Balaban J connectivity index is 2.46. The second kappa shape index (κ2) is 4.31. The molecule has 0 saturated heterocycles. The zero-order valence-electron chi connectivity index (χ0n) is 9.51. The summed E-state index contributed by atoms with van der Waals surface area (Å²) in [6.45, 7) is 4.31. The average molecular weight is 214 g/mol. The van der Waals surface area contributed by atoms with Gasteiger partial charge in [0.2, 0.25) is 0 Å². The van der Waals surface area contributed by atoms with E-state index in [4.69, 9.17) is 5.26 Å². The van der Waals surface area contributed by atoms with Crippen LogP contribution in [0.4, 0.5) is 0 Å². The van der Waals surface area contributed by atoms with Crippen LogP contribution >= 0.6 is 0 Å². The Morgan fingerprint density at radius 1 is 1.50 bits per heavy atom. The molecule has 0 spiro atoms. The molecule has 0 amide bonds. The third-order valence-corrected chi connectivity index (χ3v) is 2.73. The predicted molar refractivity (Wildman–Crippen MR) is 61.0 cm³/mol. The molecule has 82 valence electrons. The molecule has 2 aromatic heterocycles. The Morgan fingerprint density at radius 3 is 3.00 bits per heavy atom. The minimum Gasteiger partial charge on any atom is -0.286 e. The summed E-state index contributed by atoms with van der Waals surface area (Å²) in [5, 5.41) is 17.1. The zero-order valence-corrected chi connectivity index (χ0v) is 9.51. The van der Waals surface area contributed by atoms with Crippen LogP contribution in [-0.4, -0.2) is 14.6 Å². The fraction of sp³-hybridized carbons (Fsp3) is 0.417. The monoisotopic (exact) mass is 214 g/mol. The van der Waals surface area contributed by atoms with Crippen molar-refractivity contribution in [3.63, 3.8) is 0 Å². The number of aromatic nitrogens is 3. The van der Waals surface area contributed by atoms with Gasteiger partial charge in [-0.15, -0.1) is 10.2 Å². The molecular weight excluding hydrogens is 200 g/mol. The van der Waals surface area contributed by atoms with Gasteiger partial charge in [-0.3, -0.25) is 4.40 Å². The van der Waals surface area contributed by atoms with Crippen LogP contribution in [0.15, 0.2) is 18.3 Å². The summed E-state index contributed by atoms with van der Waals surface area (Å²) in [4.78, 5) is 0. The third kappa shape index (κ3) is 1.76. The summed E-state index contributed by atoms with van der Waals surface area (Å²) in [5.41, 5.74) is 1.37. The van der Waals surface area contributed by atoms with Crippen LogP contribution in [-0.2, 0) is 0 Å². The Kier molecular flexibility index (Phi) is 2.86. The molecule has 1 atom stereocenters. The van der Waals surface area contributed by atoms with Gasteiger partial charge in [0.15, 0.2) is 5.65 Å². The number of rotatable bonds is 3. The van der Waals surface area contributed by atoms with E-state index in [1.165, 1.54) is 0 Å². The predicted octanol–water partition coefficient (Wildman–Crippen LogP) is 2.50. The Bertz CT molecular complexity index is 535. The summed E-state index contributed by atoms with van der Waals surface area (Å²) in [5.74, 6) is 1.37. The molecule has 16 heavy (non-hydrogen) atoms. The summed E-state index contributed by atoms with van der Waals surface area (Å²) in [7, 11) is 0. The molecular formula is C12H14N4. The van der Waals surface area contributed by atoms with Crippen LogP contribution in [0, 0.1) is 11.3 Å². The van der Waals surface area contributed by atoms with E-state index in [1.807, 2.05) is 10.6 Å². The van der Waals surface area contributed by atoms with Crippen molar-refractivity contribution in [2.24, 2.45) is 0 Å². The lowest BCUT2D eigenvalue weighted by Gasteiger charge is -2.07. The average Bonchev–Trinajstić information content (AvgIpc) is 2.71. The van der Waals surface area contributed by atoms with Crippen LogP contribution in [0.2, 0.25) is 0 Å². The first-order chi connectivity index (χ1) is 7.76. The van der Waals surface area contributed by atoms with E-state index in [-0.39, 0.29) is 0 Å². The minimum absolute atomic E-state index is 0.396. The van der Waals surface area contributed by atoms with Gasteiger partial charge in [-0.05, 0) is 12.5 Å². The number of nitrogens with zero attached hydrogens (tertiary/aromatic N) is 4. The van der Waals surface area contributed by atoms with Crippen LogP contribution in [0.3, 0.4) is 0 Å². The summed E-state index contributed by atoms with van der Waals surface area (Å²) < 4.78 is 1.96. The maximum Gasteiger partial charge on any atom is 0.162 e. The fourth-order valence-corrected chi connectivity index (χ4v) is 1.88. The maximum atomic E-state index is 8.79. The van der Waals surface area contributed by atoms with Gasteiger partial charge in [0.05, 0.1) is 11.6 Å². The lowest BCUT2D eigenvalue weighted by Crippen LogP contribution is -2.00. The molecule has 2 aromatic rings. The van der Waals surface area contributed by atoms with Crippen LogP contribution in [0.1, 0.15) is 44.0 Å². The first-order valence-electron chi connectivity index (χ1n) is 5.51. The topological polar surface area (TPSA) is 54.0 Å². The minimum atomic E-state index is 0.396. The number of hydrogen-bond acceptors (Lipinski definition) is 3. The molecule has 4 nitrogen and oxygen atoms in total. The van der Waals surface area contributed by atoms with Crippen molar-refractivity contribution in [1.82, 2.24) is 14.6 Å². The molecule has 0 N–H and O–H groups in total. The molecule has 0 radical (unpaired) electrons. The molecule has 4 heteroatoms. The first kappa shape index (κ1) is 10.6. The molecule has 0 fully saturated rings. The van der Waals surface area contributed by atoms with Crippen molar-refractivity contribution in [3.05, 3.63) is 29.7 Å². The van der Waals surface area contributed by atoms with Gasteiger partial charge >= 0.3 is 0 Å². The molecule has 0 saturated carbocycles. The first-order valence-corrected chi connectivity index (χ1v) is 5.51. The summed E-state index contributed by atoms with van der Waals surface area (Å²) in [6, 6.07) is 5.65. The third-order valence-electron chi connectivity index (χ3n) is 2.73. The zero-order chi connectivity index (χ0) is 11.5. The van der Waals surface area contributed by atoms with Crippen molar-refractivity contribution >= 4 is 5.65 Å². The highest BCUT2D eigenvalue weighted by Gasteiger charge is 2.12. The van der Waals surface area contributed by atoms with Gasteiger partial charge in [-0.2, -0.15) is 5.26 Å². The molecule has 2 rings (SSSR count). The highest BCUT2D eigenvalue weighted by Crippen LogP contribution is 2.19. The van der Waals surface area contributed by atoms with E-state index in [1.54, 1.807) is 12.1 Å². The SMILES string of the molecule is CCCC(C)c1nnc2cc(C#N)ccn12. The van der Waals surface area contributed by atoms with Gasteiger partial charge in [0, 0.05) is 18.2 Å². The Morgan fingerprint density at radius 2 is 2.31 bits per heavy atom. The molecule has 0 aliphatic heterocycles. The lowest BCUT2D eigenvalue weighted by atomic mass is 10.1. The summed E-state index contributed by atoms with van der Waals surface area (Å²) >= 11 is 0. The van der Waals surface area contributed by atoms with E-state index >= 15 is 0 Å². The van der Waals surface area contributed by atoms with E-state index in [9.17, 15) is 0 Å². The van der Waals surface area contributed by atoms with E-state index in [0.717, 1.165) is 24.3 Å².